The molecule has 0 aromatic heterocycles. The van der Waals surface area contributed by atoms with Crippen LogP contribution in [0.2, 0.25) is 0 Å². The Morgan fingerprint density at radius 3 is 2.10 bits per heavy atom. The third kappa shape index (κ3) is 5.71. The highest BCUT2D eigenvalue weighted by Gasteiger charge is 1.96. The van der Waals surface area contributed by atoms with Gasteiger partial charge >= 0.3 is 0 Å². The Morgan fingerprint density at radius 2 is 1.52 bits per heavy atom. The van der Waals surface area contributed by atoms with Gasteiger partial charge in [-0.15, -0.1) is 24.8 Å². The lowest BCUT2D eigenvalue weighted by atomic mass is 10.2. The summed E-state index contributed by atoms with van der Waals surface area (Å²) in [5.41, 5.74) is 9.45. The van der Waals surface area contributed by atoms with E-state index in [2.05, 4.69) is 10.2 Å². The monoisotopic (exact) mass is 326 g/mol. The highest BCUT2D eigenvalue weighted by Crippen LogP contribution is 2.21. The van der Waals surface area contributed by atoms with Crippen LogP contribution in [0.5, 0.6) is 0 Å². The quantitative estimate of drug-likeness (QED) is 0.842. The Morgan fingerprint density at radius 1 is 0.905 bits per heavy atom. The van der Waals surface area contributed by atoms with Crippen LogP contribution in [-0.4, -0.2) is 14.1 Å². The summed E-state index contributed by atoms with van der Waals surface area (Å²) in [5, 5.41) is 8.43. The molecule has 0 unspecified atom stereocenters. The highest BCUT2D eigenvalue weighted by atomic mass is 35.5. The van der Waals surface area contributed by atoms with Crippen molar-refractivity contribution >= 4 is 41.9 Å². The first kappa shape index (κ1) is 19.4. The van der Waals surface area contributed by atoms with E-state index in [9.17, 15) is 0 Å². The molecule has 0 atom stereocenters. The van der Waals surface area contributed by atoms with Crippen molar-refractivity contribution in [1.82, 2.24) is 0 Å². The number of halogens is 2. The topological polar surface area (TPSA) is 54.0 Å². The van der Waals surface area contributed by atoms with Crippen LogP contribution in [0.4, 0.5) is 17.1 Å². The van der Waals surface area contributed by atoms with Crippen molar-refractivity contribution in [1.29, 1.82) is 0 Å². The third-order valence-electron chi connectivity index (χ3n) is 2.79. The Balaban J connectivity index is 0.00000200. The number of benzene rings is 2. The Hall–Kier alpha value is -1.62. The van der Waals surface area contributed by atoms with E-state index in [1.165, 1.54) is 0 Å². The molecule has 2 aromatic carbocycles. The van der Waals surface area contributed by atoms with Crippen molar-refractivity contribution in [3.05, 3.63) is 54.1 Å². The summed E-state index contributed by atoms with van der Waals surface area (Å²) in [7, 11) is 4.02. The van der Waals surface area contributed by atoms with E-state index in [1.807, 2.05) is 67.5 Å². The molecule has 0 saturated heterocycles. The molecule has 0 aliphatic carbocycles. The first-order chi connectivity index (χ1) is 9.19. The second-order valence-electron chi connectivity index (χ2n) is 4.48. The molecule has 4 nitrogen and oxygen atoms in total. The zero-order valence-corrected chi connectivity index (χ0v) is 13.7. The van der Waals surface area contributed by atoms with Gasteiger partial charge < -0.3 is 10.6 Å². The molecule has 114 valence electrons. The van der Waals surface area contributed by atoms with Gasteiger partial charge in [-0.1, -0.05) is 12.1 Å². The fourth-order valence-corrected chi connectivity index (χ4v) is 1.68. The van der Waals surface area contributed by atoms with Crippen LogP contribution < -0.4 is 10.6 Å². The first-order valence-electron chi connectivity index (χ1n) is 6.17. The molecule has 21 heavy (non-hydrogen) atoms. The summed E-state index contributed by atoms with van der Waals surface area (Å²) in [6.45, 7) is 0.515. The van der Waals surface area contributed by atoms with Crippen molar-refractivity contribution < 1.29 is 0 Å². The van der Waals surface area contributed by atoms with Gasteiger partial charge in [0, 0.05) is 26.3 Å². The second-order valence-corrected chi connectivity index (χ2v) is 4.48. The van der Waals surface area contributed by atoms with Crippen LogP contribution in [0.3, 0.4) is 0 Å². The summed E-state index contributed by atoms with van der Waals surface area (Å²) < 4.78 is 0. The molecule has 0 bridgehead atoms. The number of hydrogen-bond donors (Lipinski definition) is 1. The van der Waals surface area contributed by atoms with Crippen molar-refractivity contribution in [2.45, 2.75) is 6.54 Å². The minimum absolute atomic E-state index is 0. The predicted molar refractivity (Wildman–Crippen MR) is 93.8 cm³/mol. The standard InChI is InChI=1S/C15H18N4.2ClH/c1-19(2)15-8-6-13(7-9-15)17-18-14-5-3-4-12(10-14)11-16;;/h3-10H,11,16H2,1-2H3;2*1H. The van der Waals surface area contributed by atoms with Crippen molar-refractivity contribution in [3.8, 4) is 0 Å². The molecular formula is C15H20Cl2N4. The summed E-state index contributed by atoms with van der Waals surface area (Å²) in [6.07, 6.45) is 0. The zero-order valence-electron chi connectivity index (χ0n) is 12.1. The maximum Gasteiger partial charge on any atom is 0.0860 e. The number of azo groups is 1. The van der Waals surface area contributed by atoms with Crippen molar-refractivity contribution in [2.75, 3.05) is 19.0 Å². The van der Waals surface area contributed by atoms with E-state index in [-0.39, 0.29) is 24.8 Å². The van der Waals surface area contributed by atoms with Crippen LogP contribution in [-0.2, 0) is 6.54 Å². The second kappa shape index (κ2) is 9.34. The maximum absolute atomic E-state index is 5.59. The van der Waals surface area contributed by atoms with Crippen molar-refractivity contribution in [3.63, 3.8) is 0 Å². The third-order valence-corrected chi connectivity index (χ3v) is 2.79. The Labute approximate surface area is 137 Å². The minimum Gasteiger partial charge on any atom is -0.378 e. The van der Waals surface area contributed by atoms with Gasteiger partial charge in [-0.3, -0.25) is 0 Å². The van der Waals surface area contributed by atoms with Gasteiger partial charge in [-0.05, 0) is 42.0 Å². The molecule has 2 rings (SSSR count). The highest BCUT2D eigenvalue weighted by molar-refractivity contribution is 5.85. The minimum atomic E-state index is 0. The molecule has 0 saturated carbocycles. The van der Waals surface area contributed by atoms with Crippen LogP contribution in [0, 0.1) is 0 Å². The van der Waals surface area contributed by atoms with E-state index in [4.69, 9.17) is 5.73 Å². The molecule has 0 amide bonds. The van der Waals surface area contributed by atoms with Crippen LogP contribution in [0.15, 0.2) is 58.8 Å². The summed E-state index contributed by atoms with van der Waals surface area (Å²) in [6, 6.07) is 15.7. The molecule has 0 radical (unpaired) electrons. The normalized spacial score (nSPS) is 9.86. The molecular weight excluding hydrogens is 307 g/mol. The number of rotatable bonds is 4. The molecule has 0 spiro atoms. The fraction of sp³-hybridized carbons (Fsp3) is 0.200. The number of hydrogen-bond acceptors (Lipinski definition) is 4. The van der Waals surface area contributed by atoms with E-state index >= 15 is 0 Å². The molecule has 0 aliphatic rings. The van der Waals surface area contributed by atoms with Gasteiger partial charge in [0.25, 0.3) is 0 Å². The lowest BCUT2D eigenvalue weighted by Gasteiger charge is -2.11. The van der Waals surface area contributed by atoms with Gasteiger partial charge in [0.2, 0.25) is 0 Å². The zero-order chi connectivity index (χ0) is 13.7. The van der Waals surface area contributed by atoms with E-state index < -0.39 is 0 Å². The molecule has 2 N–H and O–H groups in total. The summed E-state index contributed by atoms with van der Waals surface area (Å²) in [4.78, 5) is 2.05. The lowest BCUT2D eigenvalue weighted by molar-refractivity contribution is 1.07. The maximum atomic E-state index is 5.59. The SMILES string of the molecule is CN(C)c1ccc(N=Nc2cccc(CN)c2)cc1.Cl.Cl. The average molecular weight is 327 g/mol. The number of anilines is 1. The summed E-state index contributed by atoms with van der Waals surface area (Å²) >= 11 is 0. The van der Waals surface area contributed by atoms with E-state index in [0.29, 0.717) is 6.54 Å². The molecule has 0 aliphatic heterocycles. The molecule has 6 heteroatoms. The predicted octanol–water partition coefficient (Wildman–Crippen LogP) is 4.47. The fourth-order valence-electron chi connectivity index (χ4n) is 1.68. The Bertz CT molecular complexity index is 568. The average Bonchev–Trinajstić information content (AvgIpc) is 2.46. The van der Waals surface area contributed by atoms with Gasteiger partial charge in [0.15, 0.2) is 0 Å². The number of nitrogens with two attached hydrogens (primary N) is 1. The largest absolute Gasteiger partial charge is 0.378 e. The van der Waals surface area contributed by atoms with Gasteiger partial charge in [-0.2, -0.15) is 10.2 Å². The van der Waals surface area contributed by atoms with Crippen LogP contribution >= 0.6 is 24.8 Å². The summed E-state index contributed by atoms with van der Waals surface area (Å²) in [5.74, 6) is 0. The van der Waals surface area contributed by atoms with E-state index in [1.54, 1.807) is 0 Å². The van der Waals surface area contributed by atoms with Crippen LogP contribution in [0.25, 0.3) is 0 Å². The number of nitrogens with zero attached hydrogens (tertiary/aromatic N) is 3. The van der Waals surface area contributed by atoms with Gasteiger partial charge in [0.1, 0.15) is 0 Å². The van der Waals surface area contributed by atoms with Gasteiger partial charge in [-0.25, -0.2) is 0 Å². The lowest BCUT2D eigenvalue weighted by Crippen LogP contribution is -2.07. The first-order valence-corrected chi connectivity index (χ1v) is 6.17. The molecule has 2 aromatic rings. The molecule has 0 heterocycles. The Kier molecular flexibility index (Phi) is 8.62. The van der Waals surface area contributed by atoms with E-state index in [0.717, 1.165) is 22.6 Å². The van der Waals surface area contributed by atoms with Crippen molar-refractivity contribution in [2.24, 2.45) is 16.0 Å². The molecule has 0 fully saturated rings. The smallest absolute Gasteiger partial charge is 0.0860 e. The van der Waals surface area contributed by atoms with Gasteiger partial charge in [0.05, 0.1) is 11.4 Å². The van der Waals surface area contributed by atoms with Crippen LogP contribution in [0.1, 0.15) is 5.56 Å².